The molecule has 1 aromatic heterocycles. The van der Waals surface area contributed by atoms with Gasteiger partial charge in [0.25, 0.3) is 0 Å². The number of carbonyl (C=O) groups excluding carboxylic acids is 1. The van der Waals surface area contributed by atoms with Gasteiger partial charge in [-0.3, -0.25) is 9.59 Å². The number of benzene rings is 1. The van der Waals surface area contributed by atoms with Crippen molar-refractivity contribution in [2.75, 3.05) is 0 Å². The zero-order valence-electron chi connectivity index (χ0n) is 10.2. The molecule has 3 nitrogen and oxygen atoms in total. The summed E-state index contributed by atoms with van der Waals surface area (Å²) in [5, 5.41) is 0.549. The molecule has 1 heterocycles. The molecule has 0 aliphatic heterocycles. The molecular weight excluding hydrogens is 330 g/mol. The molecular formula is C14H11BrClNO2. The third-order valence-corrected chi connectivity index (χ3v) is 3.62. The van der Waals surface area contributed by atoms with Crippen molar-refractivity contribution in [3.05, 3.63) is 67.5 Å². The molecule has 0 saturated carbocycles. The third kappa shape index (κ3) is 3.33. The highest BCUT2D eigenvalue weighted by Gasteiger charge is 2.10. The number of rotatable bonds is 3. The zero-order chi connectivity index (χ0) is 14.0. The molecule has 0 aliphatic carbocycles. The molecule has 19 heavy (non-hydrogen) atoms. The Morgan fingerprint density at radius 2 is 2.05 bits per heavy atom. The molecule has 0 spiro atoms. The van der Waals surface area contributed by atoms with Gasteiger partial charge >= 0.3 is 0 Å². The molecule has 0 N–H and O–H groups in total. The Hall–Kier alpha value is -1.39. The lowest BCUT2D eigenvalue weighted by Gasteiger charge is -2.05. The lowest BCUT2D eigenvalue weighted by Crippen LogP contribution is -2.17. The summed E-state index contributed by atoms with van der Waals surface area (Å²) in [6.45, 7) is 0. The number of aryl methyl sites for hydroxylation is 1. The summed E-state index contributed by atoms with van der Waals surface area (Å²) in [5.41, 5.74) is 1.13. The molecule has 2 rings (SSSR count). The second kappa shape index (κ2) is 5.72. The Morgan fingerprint density at radius 1 is 1.32 bits per heavy atom. The fourth-order valence-electron chi connectivity index (χ4n) is 1.70. The molecule has 98 valence electrons. The first-order valence-electron chi connectivity index (χ1n) is 5.61. The van der Waals surface area contributed by atoms with Gasteiger partial charge in [-0.2, -0.15) is 0 Å². The number of hydrogen-bond donors (Lipinski definition) is 0. The van der Waals surface area contributed by atoms with Crippen LogP contribution >= 0.6 is 27.5 Å². The quantitative estimate of drug-likeness (QED) is 0.805. The first kappa shape index (κ1) is 14.0. The van der Waals surface area contributed by atoms with E-state index in [0.29, 0.717) is 10.6 Å². The van der Waals surface area contributed by atoms with Crippen LogP contribution in [0.3, 0.4) is 0 Å². The van der Waals surface area contributed by atoms with Crippen LogP contribution in [-0.4, -0.2) is 10.4 Å². The lowest BCUT2D eigenvalue weighted by atomic mass is 10.0. The molecule has 0 radical (unpaired) electrons. The van der Waals surface area contributed by atoms with Crippen LogP contribution < -0.4 is 5.56 Å². The number of pyridine rings is 1. The smallest absolute Gasteiger partial charge is 0.250 e. The zero-order valence-corrected chi connectivity index (χ0v) is 12.5. The Kier molecular flexibility index (Phi) is 4.22. The highest BCUT2D eigenvalue weighted by atomic mass is 79.9. The second-order valence-corrected chi connectivity index (χ2v) is 5.53. The minimum absolute atomic E-state index is 0.0696. The number of hydrogen-bond acceptors (Lipinski definition) is 2. The summed E-state index contributed by atoms with van der Waals surface area (Å²) < 4.78 is 2.26. The minimum atomic E-state index is -0.141. The Morgan fingerprint density at radius 3 is 2.68 bits per heavy atom. The maximum atomic E-state index is 12.1. The van der Waals surface area contributed by atoms with E-state index in [9.17, 15) is 9.59 Å². The van der Waals surface area contributed by atoms with Gasteiger partial charge in [0.15, 0.2) is 5.78 Å². The summed E-state index contributed by atoms with van der Waals surface area (Å²) in [6, 6.07) is 8.33. The number of carbonyl (C=O) groups is 1. The highest BCUT2D eigenvalue weighted by molar-refractivity contribution is 9.10. The first-order chi connectivity index (χ1) is 8.97. The molecule has 1 aromatic carbocycles. The van der Waals surface area contributed by atoms with Gasteiger partial charge in [-0.05, 0) is 23.8 Å². The molecule has 2 aromatic rings. The first-order valence-corrected chi connectivity index (χ1v) is 6.78. The van der Waals surface area contributed by atoms with Crippen molar-refractivity contribution < 1.29 is 4.79 Å². The average molecular weight is 341 g/mol. The molecule has 5 heteroatoms. The molecule has 0 saturated heterocycles. The fraction of sp³-hybridized carbons (Fsp3) is 0.143. The van der Waals surface area contributed by atoms with Crippen molar-refractivity contribution in [2.24, 2.45) is 7.05 Å². The van der Waals surface area contributed by atoms with E-state index >= 15 is 0 Å². The largest absolute Gasteiger partial charge is 0.318 e. The van der Waals surface area contributed by atoms with E-state index in [-0.39, 0.29) is 17.8 Å². The Bertz CT molecular complexity index is 694. The van der Waals surface area contributed by atoms with E-state index in [1.807, 2.05) is 12.1 Å². The van der Waals surface area contributed by atoms with Crippen LogP contribution in [0.25, 0.3) is 0 Å². The number of aromatic nitrogens is 1. The van der Waals surface area contributed by atoms with E-state index in [0.717, 1.165) is 10.0 Å². The summed E-state index contributed by atoms with van der Waals surface area (Å²) >= 11 is 9.40. The number of halogens is 2. The second-order valence-electron chi connectivity index (χ2n) is 4.20. The average Bonchev–Trinajstić information content (AvgIpc) is 2.36. The van der Waals surface area contributed by atoms with Crippen LogP contribution in [-0.2, 0) is 13.5 Å². The predicted molar refractivity (Wildman–Crippen MR) is 78.9 cm³/mol. The van der Waals surface area contributed by atoms with Crippen LogP contribution in [0.1, 0.15) is 15.9 Å². The van der Waals surface area contributed by atoms with Crippen molar-refractivity contribution in [1.29, 1.82) is 0 Å². The van der Waals surface area contributed by atoms with Crippen LogP contribution in [0.15, 0.2) is 45.8 Å². The van der Waals surface area contributed by atoms with E-state index in [4.69, 9.17) is 11.6 Å². The summed E-state index contributed by atoms with van der Waals surface area (Å²) in [6.07, 6.45) is 1.75. The number of ketones is 1. The number of nitrogens with zero attached hydrogens (tertiary/aromatic N) is 1. The Labute approximate surface area is 124 Å². The standard InChI is InChI=1S/C14H11BrClNO2/c1-17-8-10(3-5-14(17)19)13(18)6-9-2-4-11(15)7-12(9)16/h2-5,7-8H,6H2,1H3. The third-order valence-electron chi connectivity index (χ3n) is 2.77. The molecule has 0 bridgehead atoms. The highest BCUT2D eigenvalue weighted by Crippen LogP contribution is 2.22. The molecule has 0 atom stereocenters. The van der Waals surface area contributed by atoms with Crippen LogP contribution in [0.4, 0.5) is 0 Å². The molecule has 0 amide bonds. The topological polar surface area (TPSA) is 39.1 Å². The van der Waals surface area contributed by atoms with E-state index in [2.05, 4.69) is 15.9 Å². The van der Waals surface area contributed by atoms with Crippen LogP contribution in [0, 0.1) is 0 Å². The van der Waals surface area contributed by atoms with Gasteiger partial charge in [0, 0.05) is 40.8 Å². The monoisotopic (exact) mass is 339 g/mol. The maximum absolute atomic E-state index is 12.1. The van der Waals surface area contributed by atoms with Gasteiger partial charge in [0.2, 0.25) is 5.56 Å². The SMILES string of the molecule is Cn1cc(C(=O)Cc2ccc(Br)cc2Cl)ccc1=O. The minimum Gasteiger partial charge on any atom is -0.318 e. The fourth-order valence-corrected chi connectivity index (χ4v) is 2.44. The van der Waals surface area contributed by atoms with Gasteiger partial charge in [0.1, 0.15) is 0 Å². The molecule has 0 unspecified atom stereocenters. The van der Waals surface area contributed by atoms with Crippen molar-refractivity contribution in [2.45, 2.75) is 6.42 Å². The van der Waals surface area contributed by atoms with Crippen molar-refractivity contribution in [1.82, 2.24) is 4.57 Å². The molecule has 0 fully saturated rings. The lowest BCUT2D eigenvalue weighted by molar-refractivity contribution is 0.0992. The van der Waals surface area contributed by atoms with Gasteiger partial charge in [-0.25, -0.2) is 0 Å². The summed E-state index contributed by atoms with van der Waals surface area (Å²) in [5.74, 6) is -0.0696. The molecule has 0 aliphatic rings. The maximum Gasteiger partial charge on any atom is 0.250 e. The van der Waals surface area contributed by atoms with E-state index in [1.54, 1.807) is 13.1 Å². The van der Waals surface area contributed by atoms with Gasteiger partial charge < -0.3 is 4.57 Å². The van der Waals surface area contributed by atoms with Crippen LogP contribution in [0.5, 0.6) is 0 Å². The van der Waals surface area contributed by atoms with Crippen molar-refractivity contribution >= 4 is 33.3 Å². The summed E-state index contributed by atoms with van der Waals surface area (Å²) in [7, 11) is 1.62. The van der Waals surface area contributed by atoms with E-state index in [1.165, 1.54) is 22.9 Å². The van der Waals surface area contributed by atoms with Gasteiger partial charge in [0.05, 0.1) is 0 Å². The predicted octanol–water partition coefficient (Wildman–Crippen LogP) is 3.23. The normalized spacial score (nSPS) is 10.5. The van der Waals surface area contributed by atoms with Gasteiger partial charge in [-0.15, -0.1) is 0 Å². The Balaban J connectivity index is 2.25. The van der Waals surface area contributed by atoms with Crippen molar-refractivity contribution in [3.8, 4) is 0 Å². The summed E-state index contributed by atoms with van der Waals surface area (Å²) in [4.78, 5) is 23.4. The number of Topliss-reactive ketones (excluding diaryl/α,β-unsaturated/α-hetero) is 1. The van der Waals surface area contributed by atoms with Gasteiger partial charge in [-0.1, -0.05) is 33.6 Å². The van der Waals surface area contributed by atoms with E-state index < -0.39 is 0 Å². The van der Waals surface area contributed by atoms with Crippen LogP contribution in [0.2, 0.25) is 5.02 Å². The van der Waals surface area contributed by atoms with Crippen molar-refractivity contribution in [3.63, 3.8) is 0 Å².